The Morgan fingerprint density at radius 2 is 2.31 bits per heavy atom. The summed E-state index contributed by atoms with van der Waals surface area (Å²) in [6.07, 6.45) is 4.33. The minimum absolute atomic E-state index is 0.158. The van der Waals surface area contributed by atoms with Crippen LogP contribution in [0.5, 0.6) is 0 Å². The van der Waals surface area contributed by atoms with Crippen LogP contribution in [0.3, 0.4) is 0 Å². The largest absolute Gasteiger partial charge is 0.493 e. The normalized spacial score (nSPS) is 17.5. The Kier molecular flexibility index (Phi) is 8.72. The Labute approximate surface area is 174 Å². The van der Waals surface area contributed by atoms with Gasteiger partial charge in [0.25, 0.3) is 5.91 Å². The highest BCUT2D eigenvalue weighted by atomic mass is 32.1. The van der Waals surface area contributed by atoms with Crippen LogP contribution in [0.15, 0.2) is 45.7 Å². The average molecular weight is 419 g/mol. The number of carbonyl (C=O) groups is 2. The van der Waals surface area contributed by atoms with Crippen LogP contribution in [0, 0.1) is 0 Å². The van der Waals surface area contributed by atoms with Gasteiger partial charge in [-0.3, -0.25) is 9.59 Å². The number of hydrogen-bond donors (Lipinski definition) is 1. The van der Waals surface area contributed by atoms with E-state index in [9.17, 15) is 9.59 Å². The third kappa shape index (κ3) is 6.94. The number of ether oxygens (including phenoxy) is 2. The maximum absolute atomic E-state index is 12.3. The predicted octanol–water partition coefficient (Wildman–Crippen LogP) is 3.89. The first-order chi connectivity index (χ1) is 13.9. The number of nitrogens with one attached hydrogen (secondary N) is 1. The predicted molar refractivity (Wildman–Crippen MR) is 111 cm³/mol. The van der Waals surface area contributed by atoms with E-state index in [2.05, 4.69) is 27.1 Å². The molecule has 1 fully saturated rings. The number of amides is 1. The number of carbonyl (C=O) groups excluding carboxylic acids is 2. The summed E-state index contributed by atoms with van der Waals surface area (Å²) in [5, 5.41) is 12.9. The lowest BCUT2D eigenvalue weighted by atomic mass is 10.1. The lowest BCUT2D eigenvalue weighted by molar-refractivity contribution is -0.142. The van der Waals surface area contributed by atoms with Gasteiger partial charge in [-0.1, -0.05) is 6.58 Å². The second kappa shape index (κ2) is 11.3. The summed E-state index contributed by atoms with van der Waals surface area (Å²) in [7, 11) is 0. The molecule has 8 nitrogen and oxygen atoms in total. The van der Waals surface area contributed by atoms with Crippen molar-refractivity contribution in [3.8, 4) is 0 Å². The fourth-order valence-corrected chi connectivity index (χ4v) is 3.29. The smallest absolute Gasteiger partial charge is 0.307 e. The molecule has 1 aliphatic rings. The highest BCUT2D eigenvalue weighted by Crippen LogP contribution is 2.28. The summed E-state index contributed by atoms with van der Waals surface area (Å²) in [6.45, 7) is 10.6. The molecule has 1 aliphatic heterocycles. The van der Waals surface area contributed by atoms with Gasteiger partial charge >= 0.3 is 5.97 Å². The zero-order chi connectivity index (χ0) is 21.2. The SMILES string of the molecule is C=C(/C=C1/CCOC1=CC)c1nc(C(=O)NC(C)N=NCCC(=O)OCC)cs1. The minimum atomic E-state index is -0.534. The molecule has 156 valence electrons. The van der Waals surface area contributed by atoms with Gasteiger partial charge in [-0.05, 0) is 38.5 Å². The van der Waals surface area contributed by atoms with E-state index in [4.69, 9.17) is 9.47 Å². The van der Waals surface area contributed by atoms with E-state index < -0.39 is 6.17 Å². The molecule has 0 aliphatic carbocycles. The van der Waals surface area contributed by atoms with E-state index in [-0.39, 0.29) is 24.8 Å². The van der Waals surface area contributed by atoms with Crippen molar-refractivity contribution in [2.24, 2.45) is 10.2 Å². The Hall–Kier alpha value is -2.81. The van der Waals surface area contributed by atoms with Crippen LogP contribution >= 0.6 is 11.3 Å². The van der Waals surface area contributed by atoms with Crippen LogP contribution in [0.4, 0.5) is 0 Å². The summed E-state index contributed by atoms with van der Waals surface area (Å²) in [5.41, 5.74) is 2.11. The maximum Gasteiger partial charge on any atom is 0.307 e. The minimum Gasteiger partial charge on any atom is -0.493 e. The first-order valence-electron chi connectivity index (χ1n) is 9.42. The van der Waals surface area contributed by atoms with Gasteiger partial charge in [-0.25, -0.2) is 4.98 Å². The molecule has 1 atom stereocenters. The van der Waals surface area contributed by atoms with Crippen LogP contribution in [0.2, 0.25) is 0 Å². The summed E-state index contributed by atoms with van der Waals surface area (Å²) in [6, 6.07) is 0. The Morgan fingerprint density at radius 3 is 3.03 bits per heavy atom. The molecule has 0 bridgehead atoms. The summed E-state index contributed by atoms with van der Waals surface area (Å²) >= 11 is 1.35. The maximum atomic E-state index is 12.3. The number of rotatable bonds is 9. The highest BCUT2D eigenvalue weighted by Gasteiger charge is 2.17. The monoisotopic (exact) mass is 418 g/mol. The van der Waals surface area contributed by atoms with E-state index in [0.717, 1.165) is 23.3 Å². The topological polar surface area (TPSA) is 102 Å². The molecule has 0 aromatic carbocycles. The molecule has 0 saturated carbocycles. The van der Waals surface area contributed by atoms with E-state index in [0.29, 0.717) is 23.9 Å². The lowest BCUT2D eigenvalue weighted by Gasteiger charge is -2.06. The van der Waals surface area contributed by atoms with Crippen molar-refractivity contribution < 1.29 is 19.1 Å². The quantitative estimate of drug-likeness (QED) is 0.484. The summed E-state index contributed by atoms with van der Waals surface area (Å²) in [4.78, 5) is 27.9. The second-order valence-corrected chi connectivity index (χ2v) is 7.03. The molecular weight excluding hydrogens is 392 g/mol. The van der Waals surface area contributed by atoms with E-state index in [1.54, 1.807) is 19.2 Å². The molecule has 29 heavy (non-hydrogen) atoms. The van der Waals surface area contributed by atoms with Gasteiger partial charge in [0, 0.05) is 17.4 Å². The van der Waals surface area contributed by atoms with E-state index in [1.807, 2.05) is 19.1 Å². The number of aromatic nitrogens is 1. The van der Waals surface area contributed by atoms with Gasteiger partial charge in [-0.15, -0.1) is 11.3 Å². The first-order valence-corrected chi connectivity index (χ1v) is 10.3. The third-order valence-corrected chi connectivity index (χ3v) is 4.80. The molecule has 1 amide bonds. The van der Waals surface area contributed by atoms with E-state index in [1.165, 1.54) is 11.3 Å². The van der Waals surface area contributed by atoms with Crippen molar-refractivity contribution in [3.63, 3.8) is 0 Å². The van der Waals surface area contributed by atoms with Crippen molar-refractivity contribution in [1.82, 2.24) is 10.3 Å². The molecule has 9 heteroatoms. The molecule has 1 saturated heterocycles. The highest BCUT2D eigenvalue weighted by molar-refractivity contribution is 7.11. The molecule has 2 rings (SSSR count). The van der Waals surface area contributed by atoms with Crippen LogP contribution < -0.4 is 5.32 Å². The van der Waals surface area contributed by atoms with Gasteiger partial charge in [-0.2, -0.15) is 10.2 Å². The molecule has 1 aromatic rings. The lowest BCUT2D eigenvalue weighted by Crippen LogP contribution is -2.31. The van der Waals surface area contributed by atoms with Crippen molar-refractivity contribution in [2.45, 2.75) is 39.8 Å². The number of allylic oxidation sites excluding steroid dienone is 4. The van der Waals surface area contributed by atoms with Crippen LogP contribution in [0.25, 0.3) is 5.57 Å². The van der Waals surface area contributed by atoms with Gasteiger partial charge < -0.3 is 14.8 Å². The number of esters is 1. The Bertz CT molecular complexity index is 841. The second-order valence-electron chi connectivity index (χ2n) is 6.17. The standard InChI is InChI=1S/C20H26N4O4S/c1-5-17-15(8-10-28-17)11-13(3)20-23-16(12-29-20)19(26)22-14(4)24-21-9-7-18(25)27-6-2/h5,11-12,14H,3,6-10H2,1-2,4H3,(H,22,26)/b15-11-,17-5?,24-21?. The van der Waals surface area contributed by atoms with Crippen LogP contribution in [0.1, 0.15) is 49.1 Å². The number of thiazole rings is 1. The fraction of sp³-hybridized carbons (Fsp3) is 0.450. The number of nitrogens with zero attached hydrogens (tertiary/aromatic N) is 3. The number of azo groups is 1. The fourth-order valence-electron chi connectivity index (χ4n) is 2.54. The van der Waals surface area contributed by atoms with Crippen LogP contribution in [-0.4, -0.2) is 42.8 Å². The van der Waals surface area contributed by atoms with Gasteiger partial charge in [0.05, 0.1) is 26.2 Å². The van der Waals surface area contributed by atoms with Crippen molar-refractivity contribution >= 4 is 28.8 Å². The molecular formula is C20H26N4O4S. The molecule has 2 heterocycles. The third-order valence-electron chi connectivity index (χ3n) is 3.88. The van der Waals surface area contributed by atoms with Gasteiger partial charge in [0.15, 0.2) is 0 Å². The average Bonchev–Trinajstić information content (AvgIpc) is 3.34. The zero-order valence-corrected chi connectivity index (χ0v) is 17.8. The number of hydrogen-bond acceptors (Lipinski definition) is 8. The van der Waals surface area contributed by atoms with Crippen molar-refractivity contribution in [2.75, 3.05) is 19.8 Å². The summed E-state index contributed by atoms with van der Waals surface area (Å²) in [5.74, 6) is 0.199. The van der Waals surface area contributed by atoms with E-state index >= 15 is 0 Å². The van der Waals surface area contributed by atoms with Gasteiger partial charge in [0.2, 0.25) is 0 Å². The first kappa shape index (κ1) is 22.5. The molecule has 1 aromatic heterocycles. The zero-order valence-electron chi connectivity index (χ0n) is 16.9. The van der Waals surface area contributed by atoms with Gasteiger partial charge in [0.1, 0.15) is 22.6 Å². The summed E-state index contributed by atoms with van der Waals surface area (Å²) < 4.78 is 10.3. The Balaban J connectivity index is 1.87. The molecule has 1 unspecified atom stereocenters. The molecule has 1 N–H and O–H groups in total. The van der Waals surface area contributed by atoms with Crippen molar-refractivity contribution in [3.05, 3.63) is 46.1 Å². The molecule has 0 radical (unpaired) electrons. The van der Waals surface area contributed by atoms with Crippen LogP contribution in [-0.2, 0) is 14.3 Å². The molecule has 0 spiro atoms. The Morgan fingerprint density at radius 1 is 1.52 bits per heavy atom. The van der Waals surface area contributed by atoms with Crippen molar-refractivity contribution in [1.29, 1.82) is 0 Å².